The zero-order valence-corrected chi connectivity index (χ0v) is 16.5. The van der Waals surface area contributed by atoms with Gasteiger partial charge in [0.2, 0.25) is 5.91 Å². The number of halogens is 1. The van der Waals surface area contributed by atoms with Crippen LogP contribution in [0, 0.1) is 5.82 Å². The van der Waals surface area contributed by atoms with E-state index in [1.807, 2.05) is 31.2 Å². The van der Waals surface area contributed by atoms with Crippen LogP contribution >= 0.6 is 0 Å². The molecule has 0 bridgehead atoms. The Bertz CT molecular complexity index is 1190. The lowest BCUT2D eigenvalue weighted by molar-refractivity contribution is -0.121. The first kappa shape index (κ1) is 19.5. The molecule has 0 fully saturated rings. The molecule has 0 saturated carbocycles. The lowest BCUT2D eigenvalue weighted by Gasteiger charge is -2.10. The summed E-state index contributed by atoms with van der Waals surface area (Å²) in [4.78, 5) is 21.1. The van der Waals surface area contributed by atoms with E-state index in [2.05, 4.69) is 20.4 Å². The maximum absolute atomic E-state index is 14.0. The molecular weight excluding hydrogens is 385 g/mol. The van der Waals surface area contributed by atoms with Crippen molar-refractivity contribution < 1.29 is 13.9 Å². The number of methoxy groups -OCH3 is 1. The minimum Gasteiger partial charge on any atom is -0.497 e. The number of ether oxygens (including phenoxy) is 1. The van der Waals surface area contributed by atoms with Crippen molar-refractivity contribution in [3.05, 3.63) is 78.1 Å². The van der Waals surface area contributed by atoms with E-state index in [1.54, 1.807) is 31.4 Å². The molecule has 0 spiro atoms. The number of carbonyl (C=O) groups excluding carboxylic acids is 1. The van der Waals surface area contributed by atoms with E-state index in [9.17, 15) is 9.18 Å². The van der Waals surface area contributed by atoms with Gasteiger partial charge in [-0.2, -0.15) is 0 Å². The lowest BCUT2D eigenvalue weighted by atomic mass is 10.1. The molecule has 2 heterocycles. The number of nitrogens with one attached hydrogen (secondary N) is 1. The van der Waals surface area contributed by atoms with Crippen LogP contribution in [0.15, 0.2) is 60.9 Å². The molecule has 0 aliphatic rings. The summed E-state index contributed by atoms with van der Waals surface area (Å²) >= 11 is 0. The molecule has 30 heavy (non-hydrogen) atoms. The first-order chi connectivity index (χ1) is 14.5. The molecule has 152 valence electrons. The van der Waals surface area contributed by atoms with Crippen molar-refractivity contribution in [2.24, 2.45) is 0 Å². The standard InChI is InChI=1S/C22H20FN5O2/c1-14(25-21(29)11-15-7-9-16(30-2)10-8-15)22-26-20-12-19(24-13-28(20)27-22)17-5-3-4-6-18(17)23/h3-10,12-14H,11H2,1-2H3,(H,25,29)/t14-/m1/s1. The van der Waals surface area contributed by atoms with E-state index in [4.69, 9.17) is 4.74 Å². The van der Waals surface area contributed by atoms with Crippen LogP contribution in [-0.2, 0) is 11.2 Å². The predicted molar refractivity (Wildman–Crippen MR) is 109 cm³/mol. The summed E-state index contributed by atoms with van der Waals surface area (Å²) in [5, 5.41) is 7.27. The Morgan fingerprint density at radius 3 is 2.70 bits per heavy atom. The molecule has 2 aromatic carbocycles. The van der Waals surface area contributed by atoms with E-state index < -0.39 is 6.04 Å². The molecule has 1 atom stereocenters. The summed E-state index contributed by atoms with van der Waals surface area (Å²) in [7, 11) is 1.60. The van der Waals surface area contributed by atoms with E-state index in [0.29, 0.717) is 22.7 Å². The van der Waals surface area contributed by atoms with Crippen molar-refractivity contribution in [2.75, 3.05) is 7.11 Å². The van der Waals surface area contributed by atoms with Crippen LogP contribution in [0.25, 0.3) is 16.9 Å². The third-order valence-electron chi connectivity index (χ3n) is 4.68. The molecule has 1 amide bonds. The molecule has 1 N–H and O–H groups in total. The zero-order valence-electron chi connectivity index (χ0n) is 16.5. The van der Waals surface area contributed by atoms with Gasteiger partial charge in [0, 0.05) is 11.6 Å². The zero-order chi connectivity index (χ0) is 21.1. The van der Waals surface area contributed by atoms with Crippen LogP contribution in [0.2, 0.25) is 0 Å². The van der Waals surface area contributed by atoms with Crippen LogP contribution in [0.1, 0.15) is 24.4 Å². The molecule has 2 aromatic heterocycles. The fraction of sp³-hybridized carbons (Fsp3) is 0.182. The molecule has 8 heteroatoms. The van der Waals surface area contributed by atoms with Crippen LogP contribution < -0.4 is 10.1 Å². The highest BCUT2D eigenvalue weighted by molar-refractivity contribution is 5.79. The van der Waals surface area contributed by atoms with Crippen molar-refractivity contribution in [3.8, 4) is 17.0 Å². The molecule has 0 radical (unpaired) electrons. The number of hydrogen-bond donors (Lipinski definition) is 1. The van der Waals surface area contributed by atoms with Gasteiger partial charge in [-0.3, -0.25) is 4.79 Å². The predicted octanol–water partition coefficient (Wildman–Crippen LogP) is 3.36. The molecule has 7 nitrogen and oxygen atoms in total. The highest BCUT2D eigenvalue weighted by Crippen LogP contribution is 2.21. The molecule has 0 aliphatic heterocycles. The van der Waals surface area contributed by atoms with Gasteiger partial charge in [0.1, 0.15) is 17.9 Å². The number of amides is 1. The smallest absolute Gasteiger partial charge is 0.224 e. The quantitative estimate of drug-likeness (QED) is 0.532. The van der Waals surface area contributed by atoms with Crippen molar-refractivity contribution in [3.63, 3.8) is 0 Å². The number of rotatable bonds is 6. The maximum Gasteiger partial charge on any atom is 0.224 e. The number of fused-ring (bicyclic) bond motifs is 1. The van der Waals surface area contributed by atoms with Crippen LogP contribution in [-0.4, -0.2) is 32.6 Å². The highest BCUT2D eigenvalue weighted by atomic mass is 19.1. The van der Waals surface area contributed by atoms with Crippen LogP contribution in [0.3, 0.4) is 0 Å². The second kappa shape index (κ2) is 8.28. The summed E-state index contributed by atoms with van der Waals surface area (Å²) in [6, 6.07) is 15.0. The third kappa shape index (κ3) is 4.12. The van der Waals surface area contributed by atoms with Crippen molar-refractivity contribution >= 4 is 11.6 Å². The average molecular weight is 405 g/mol. The topological polar surface area (TPSA) is 81.4 Å². The normalized spacial score (nSPS) is 12.0. The number of benzene rings is 2. The molecule has 4 aromatic rings. The van der Waals surface area contributed by atoms with E-state index in [1.165, 1.54) is 16.9 Å². The molecule has 0 saturated heterocycles. The Balaban J connectivity index is 1.48. The fourth-order valence-electron chi connectivity index (χ4n) is 3.10. The molecule has 0 unspecified atom stereocenters. The van der Waals surface area contributed by atoms with Crippen molar-refractivity contribution in [1.29, 1.82) is 0 Å². The number of carbonyl (C=O) groups is 1. The maximum atomic E-state index is 14.0. The summed E-state index contributed by atoms with van der Waals surface area (Å²) in [6.07, 6.45) is 1.72. The monoisotopic (exact) mass is 405 g/mol. The fourth-order valence-corrected chi connectivity index (χ4v) is 3.10. The highest BCUT2D eigenvalue weighted by Gasteiger charge is 2.16. The molecule has 4 rings (SSSR count). The Morgan fingerprint density at radius 2 is 1.97 bits per heavy atom. The van der Waals surface area contributed by atoms with Crippen LogP contribution in [0.5, 0.6) is 5.75 Å². The summed E-state index contributed by atoms with van der Waals surface area (Å²) < 4.78 is 20.7. The minimum atomic E-state index is -0.396. The molecule has 0 aliphatic carbocycles. The second-order valence-corrected chi connectivity index (χ2v) is 6.84. The van der Waals surface area contributed by atoms with Gasteiger partial charge in [-0.15, -0.1) is 5.10 Å². The van der Waals surface area contributed by atoms with E-state index in [0.717, 1.165) is 11.3 Å². The van der Waals surface area contributed by atoms with Crippen molar-refractivity contribution in [2.45, 2.75) is 19.4 Å². The van der Waals surface area contributed by atoms with Gasteiger partial charge in [-0.1, -0.05) is 24.3 Å². The van der Waals surface area contributed by atoms with Gasteiger partial charge in [-0.05, 0) is 36.8 Å². The largest absolute Gasteiger partial charge is 0.497 e. The van der Waals surface area contributed by atoms with Gasteiger partial charge < -0.3 is 10.1 Å². The van der Waals surface area contributed by atoms with Gasteiger partial charge in [0.15, 0.2) is 11.5 Å². The van der Waals surface area contributed by atoms with Crippen molar-refractivity contribution in [1.82, 2.24) is 24.9 Å². The average Bonchev–Trinajstić information content (AvgIpc) is 3.18. The van der Waals surface area contributed by atoms with Crippen LogP contribution in [0.4, 0.5) is 4.39 Å². The number of nitrogens with zero attached hydrogens (tertiary/aromatic N) is 4. The third-order valence-corrected chi connectivity index (χ3v) is 4.68. The summed E-state index contributed by atoms with van der Waals surface area (Å²) in [6.45, 7) is 1.81. The lowest BCUT2D eigenvalue weighted by Crippen LogP contribution is -2.28. The Morgan fingerprint density at radius 1 is 1.20 bits per heavy atom. The van der Waals surface area contributed by atoms with Gasteiger partial charge >= 0.3 is 0 Å². The Hall–Kier alpha value is -3.81. The Kier molecular flexibility index (Phi) is 5.38. The first-order valence-electron chi connectivity index (χ1n) is 9.43. The van der Waals surface area contributed by atoms with Gasteiger partial charge in [0.05, 0.1) is 25.3 Å². The number of hydrogen-bond acceptors (Lipinski definition) is 5. The minimum absolute atomic E-state index is 0.142. The number of aromatic nitrogens is 4. The summed E-state index contributed by atoms with van der Waals surface area (Å²) in [5.41, 5.74) is 2.26. The van der Waals surface area contributed by atoms with Gasteiger partial charge in [0.25, 0.3) is 0 Å². The molecular formula is C22H20FN5O2. The van der Waals surface area contributed by atoms with Gasteiger partial charge in [-0.25, -0.2) is 18.9 Å². The SMILES string of the molecule is COc1ccc(CC(=O)N[C@H](C)c2nc3cc(-c4ccccc4F)ncn3n2)cc1. The Labute approximate surface area is 172 Å². The van der Waals surface area contributed by atoms with E-state index in [-0.39, 0.29) is 18.1 Å². The van der Waals surface area contributed by atoms with E-state index >= 15 is 0 Å². The first-order valence-corrected chi connectivity index (χ1v) is 9.43. The summed E-state index contributed by atoms with van der Waals surface area (Å²) in [5.74, 6) is 0.695. The second-order valence-electron chi connectivity index (χ2n) is 6.84.